The first kappa shape index (κ1) is 18.2. The van der Waals surface area contributed by atoms with Gasteiger partial charge in [-0.3, -0.25) is 9.80 Å². The van der Waals surface area contributed by atoms with E-state index >= 15 is 0 Å². The monoisotopic (exact) mass is 320 g/mol. The number of hydrogen-bond acceptors (Lipinski definition) is 4. The highest BCUT2D eigenvalue weighted by atomic mass is 16.5. The van der Waals surface area contributed by atoms with E-state index < -0.39 is 0 Å². The number of ether oxygens (including phenoxy) is 1. The first-order valence-electron chi connectivity index (χ1n) is 8.92. The third-order valence-corrected chi connectivity index (χ3v) is 4.42. The van der Waals surface area contributed by atoms with Crippen molar-refractivity contribution >= 4 is 0 Å². The van der Waals surface area contributed by atoms with Gasteiger partial charge in [-0.05, 0) is 25.3 Å². The summed E-state index contributed by atoms with van der Waals surface area (Å²) in [5.74, 6) is 1.67. The molecule has 1 aromatic carbocycles. The zero-order valence-corrected chi connectivity index (χ0v) is 14.9. The van der Waals surface area contributed by atoms with E-state index in [1.165, 1.54) is 5.56 Å². The van der Waals surface area contributed by atoms with Gasteiger partial charge in [0.2, 0.25) is 0 Å². The molecule has 1 fully saturated rings. The van der Waals surface area contributed by atoms with Crippen molar-refractivity contribution in [3.8, 4) is 5.75 Å². The molecule has 0 spiro atoms. The summed E-state index contributed by atoms with van der Waals surface area (Å²) < 4.78 is 5.75. The lowest BCUT2D eigenvalue weighted by molar-refractivity contribution is 0.0473. The second-order valence-corrected chi connectivity index (χ2v) is 6.83. The van der Waals surface area contributed by atoms with Crippen LogP contribution in [0.15, 0.2) is 24.3 Å². The fraction of sp³-hybridized carbons (Fsp3) is 0.684. The van der Waals surface area contributed by atoms with Crippen molar-refractivity contribution in [3.63, 3.8) is 0 Å². The van der Waals surface area contributed by atoms with E-state index in [1.54, 1.807) is 0 Å². The van der Waals surface area contributed by atoms with Crippen molar-refractivity contribution < 1.29 is 9.84 Å². The first-order valence-corrected chi connectivity index (χ1v) is 8.92. The molecule has 4 nitrogen and oxygen atoms in total. The highest BCUT2D eigenvalue weighted by Crippen LogP contribution is 2.22. The van der Waals surface area contributed by atoms with Crippen molar-refractivity contribution in [2.24, 2.45) is 5.92 Å². The SMILES string of the molecule is CCOc1ccccc1CN1CCN(CC(C)C)C(CCO)C1. The van der Waals surface area contributed by atoms with Gasteiger partial charge in [-0.15, -0.1) is 0 Å². The molecule has 1 unspecified atom stereocenters. The molecule has 1 N–H and O–H groups in total. The lowest BCUT2D eigenvalue weighted by Crippen LogP contribution is -2.53. The molecule has 1 saturated heterocycles. The Morgan fingerprint density at radius 2 is 2.04 bits per heavy atom. The van der Waals surface area contributed by atoms with Crippen molar-refractivity contribution in [2.75, 3.05) is 39.4 Å². The Hall–Kier alpha value is -1.10. The van der Waals surface area contributed by atoms with E-state index in [1.807, 2.05) is 13.0 Å². The van der Waals surface area contributed by atoms with E-state index in [0.717, 1.165) is 44.9 Å². The molecule has 130 valence electrons. The van der Waals surface area contributed by atoms with Crippen molar-refractivity contribution in [1.82, 2.24) is 9.80 Å². The Labute approximate surface area is 141 Å². The minimum absolute atomic E-state index is 0.267. The number of aliphatic hydroxyl groups excluding tert-OH is 1. The van der Waals surface area contributed by atoms with Gasteiger partial charge in [-0.25, -0.2) is 0 Å². The molecule has 0 aromatic heterocycles. The van der Waals surface area contributed by atoms with Gasteiger partial charge in [-0.1, -0.05) is 32.0 Å². The molecule has 1 atom stereocenters. The summed E-state index contributed by atoms with van der Waals surface area (Å²) in [5, 5.41) is 9.40. The molecule has 0 amide bonds. The molecular weight excluding hydrogens is 288 g/mol. The Morgan fingerprint density at radius 1 is 1.26 bits per heavy atom. The smallest absolute Gasteiger partial charge is 0.123 e. The van der Waals surface area contributed by atoms with E-state index in [-0.39, 0.29) is 6.61 Å². The standard InChI is InChI=1S/C19H32N2O2/c1-4-23-19-8-6-5-7-17(19)14-20-10-11-21(13-16(2)3)18(15-20)9-12-22/h5-8,16,18,22H,4,9-15H2,1-3H3. The van der Waals surface area contributed by atoms with Gasteiger partial charge in [0, 0.05) is 50.9 Å². The Morgan fingerprint density at radius 3 is 2.74 bits per heavy atom. The molecule has 1 aliphatic rings. The summed E-state index contributed by atoms with van der Waals surface area (Å²) in [5.41, 5.74) is 1.26. The average molecular weight is 320 g/mol. The zero-order chi connectivity index (χ0) is 16.7. The van der Waals surface area contributed by atoms with Crippen LogP contribution in [0.4, 0.5) is 0 Å². The van der Waals surface area contributed by atoms with Crippen LogP contribution in [0.5, 0.6) is 5.75 Å². The fourth-order valence-electron chi connectivity index (χ4n) is 3.40. The van der Waals surface area contributed by atoms with Gasteiger partial charge < -0.3 is 9.84 Å². The van der Waals surface area contributed by atoms with E-state index in [2.05, 4.69) is 41.8 Å². The van der Waals surface area contributed by atoms with Crippen LogP contribution in [0.1, 0.15) is 32.8 Å². The lowest BCUT2D eigenvalue weighted by atomic mass is 10.1. The van der Waals surface area contributed by atoms with Crippen LogP contribution in [0, 0.1) is 5.92 Å². The van der Waals surface area contributed by atoms with Gasteiger partial charge in [0.05, 0.1) is 6.61 Å². The second kappa shape index (κ2) is 9.26. The number of para-hydroxylation sites is 1. The molecule has 2 rings (SSSR count). The van der Waals surface area contributed by atoms with Gasteiger partial charge in [-0.2, -0.15) is 0 Å². The maximum Gasteiger partial charge on any atom is 0.123 e. The number of nitrogens with zero attached hydrogens (tertiary/aromatic N) is 2. The summed E-state index contributed by atoms with van der Waals surface area (Å²) in [6.07, 6.45) is 0.857. The fourth-order valence-corrected chi connectivity index (χ4v) is 3.40. The largest absolute Gasteiger partial charge is 0.494 e. The molecular formula is C19H32N2O2. The number of hydrogen-bond donors (Lipinski definition) is 1. The summed E-state index contributed by atoms with van der Waals surface area (Å²) in [6.45, 7) is 12.7. The summed E-state index contributed by atoms with van der Waals surface area (Å²) in [7, 11) is 0. The van der Waals surface area contributed by atoms with E-state index in [9.17, 15) is 5.11 Å². The number of rotatable bonds is 8. The number of aliphatic hydroxyl groups is 1. The van der Waals surface area contributed by atoms with Gasteiger partial charge in [0.25, 0.3) is 0 Å². The minimum Gasteiger partial charge on any atom is -0.494 e. The molecule has 1 heterocycles. The highest BCUT2D eigenvalue weighted by Gasteiger charge is 2.27. The van der Waals surface area contributed by atoms with Crippen LogP contribution >= 0.6 is 0 Å². The molecule has 0 radical (unpaired) electrons. The predicted molar refractivity (Wildman–Crippen MR) is 94.8 cm³/mol. The number of benzene rings is 1. The molecule has 0 bridgehead atoms. The van der Waals surface area contributed by atoms with Crippen molar-refractivity contribution in [1.29, 1.82) is 0 Å². The maximum absolute atomic E-state index is 9.40. The maximum atomic E-state index is 9.40. The van der Waals surface area contributed by atoms with Crippen LogP contribution in [0.2, 0.25) is 0 Å². The van der Waals surface area contributed by atoms with Crippen LogP contribution in [-0.4, -0.2) is 60.3 Å². The molecule has 4 heteroatoms. The second-order valence-electron chi connectivity index (χ2n) is 6.83. The zero-order valence-electron chi connectivity index (χ0n) is 14.9. The van der Waals surface area contributed by atoms with Crippen LogP contribution in [0.25, 0.3) is 0 Å². The third kappa shape index (κ3) is 5.48. The predicted octanol–water partition coefficient (Wildman–Crippen LogP) is 2.61. The van der Waals surface area contributed by atoms with Crippen LogP contribution < -0.4 is 4.74 Å². The van der Waals surface area contributed by atoms with Gasteiger partial charge in [0.15, 0.2) is 0 Å². The Balaban J connectivity index is 1.99. The summed E-state index contributed by atoms with van der Waals surface area (Å²) in [4.78, 5) is 5.04. The Bertz CT molecular complexity index is 464. The third-order valence-electron chi connectivity index (χ3n) is 4.42. The van der Waals surface area contributed by atoms with Crippen LogP contribution in [0.3, 0.4) is 0 Å². The van der Waals surface area contributed by atoms with E-state index in [4.69, 9.17) is 4.74 Å². The van der Waals surface area contributed by atoms with E-state index in [0.29, 0.717) is 18.6 Å². The molecule has 0 aliphatic carbocycles. The number of piperazine rings is 1. The highest BCUT2D eigenvalue weighted by molar-refractivity contribution is 5.33. The summed E-state index contributed by atoms with van der Waals surface area (Å²) in [6, 6.07) is 8.78. The quantitative estimate of drug-likeness (QED) is 0.799. The molecule has 1 aliphatic heterocycles. The first-order chi connectivity index (χ1) is 11.1. The van der Waals surface area contributed by atoms with Crippen LogP contribution in [-0.2, 0) is 6.54 Å². The van der Waals surface area contributed by atoms with Crippen molar-refractivity contribution in [3.05, 3.63) is 29.8 Å². The minimum atomic E-state index is 0.267. The summed E-state index contributed by atoms with van der Waals surface area (Å²) >= 11 is 0. The molecule has 23 heavy (non-hydrogen) atoms. The van der Waals surface area contributed by atoms with Crippen molar-refractivity contribution in [2.45, 2.75) is 39.8 Å². The molecule has 0 saturated carbocycles. The normalized spacial score (nSPS) is 20.1. The van der Waals surface area contributed by atoms with Gasteiger partial charge >= 0.3 is 0 Å². The topological polar surface area (TPSA) is 35.9 Å². The molecule has 1 aromatic rings. The lowest BCUT2D eigenvalue weighted by Gasteiger charge is -2.42. The van der Waals surface area contributed by atoms with Gasteiger partial charge in [0.1, 0.15) is 5.75 Å². The Kier molecular flexibility index (Phi) is 7.34. The average Bonchev–Trinajstić information content (AvgIpc) is 2.52.